The molecular weight excluding hydrogens is 370 g/mol. The van der Waals surface area contributed by atoms with Gasteiger partial charge in [-0.3, -0.25) is 9.78 Å². The van der Waals surface area contributed by atoms with Crippen LogP contribution in [0.15, 0.2) is 39.9 Å². The van der Waals surface area contributed by atoms with Crippen LogP contribution in [0.5, 0.6) is 0 Å². The van der Waals surface area contributed by atoms with Gasteiger partial charge in [0, 0.05) is 42.2 Å². The first-order valence-electron chi connectivity index (χ1n) is 9.94. The highest BCUT2D eigenvalue weighted by Crippen LogP contribution is 2.32. The third kappa shape index (κ3) is 3.23. The molecule has 5 heterocycles. The first-order valence-corrected chi connectivity index (χ1v) is 9.94. The van der Waals surface area contributed by atoms with E-state index in [1.165, 1.54) is 4.68 Å². The van der Waals surface area contributed by atoms with Crippen molar-refractivity contribution < 1.29 is 9.26 Å². The Balaban J connectivity index is 1.42. The van der Waals surface area contributed by atoms with Crippen molar-refractivity contribution in [3.63, 3.8) is 0 Å². The average molecular weight is 393 g/mol. The van der Waals surface area contributed by atoms with Gasteiger partial charge in [-0.05, 0) is 38.8 Å². The van der Waals surface area contributed by atoms with Gasteiger partial charge in [0.15, 0.2) is 0 Å². The van der Waals surface area contributed by atoms with E-state index < -0.39 is 0 Å². The highest BCUT2D eigenvalue weighted by atomic mass is 16.5. The molecule has 0 saturated carbocycles. The SMILES string of the molecule is Cc1ccc(-c2noc(C)c2Cn2ncc(N3CC[C@@H]4OCC[C@@H]43)cc2=O)cn1. The van der Waals surface area contributed by atoms with Crippen LogP contribution in [0.3, 0.4) is 0 Å². The quantitative estimate of drug-likeness (QED) is 0.672. The predicted octanol–water partition coefficient (Wildman–Crippen LogP) is 2.33. The number of hydrogen-bond donors (Lipinski definition) is 0. The third-order valence-electron chi connectivity index (χ3n) is 5.89. The fraction of sp³-hybridized carbons (Fsp3) is 0.429. The van der Waals surface area contributed by atoms with Crippen LogP contribution in [-0.2, 0) is 11.3 Å². The van der Waals surface area contributed by atoms with Crippen molar-refractivity contribution >= 4 is 5.69 Å². The minimum absolute atomic E-state index is 0.140. The molecule has 3 aromatic rings. The molecule has 0 aromatic carbocycles. The van der Waals surface area contributed by atoms with Gasteiger partial charge >= 0.3 is 0 Å². The second-order valence-corrected chi connectivity index (χ2v) is 7.71. The summed E-state index contributed by atoms with van der Waals surface area (Å²) in [5.41, 5.74) is 4.05. The number of aromatic nitrogens is 4. The van der Waals surface area contributed by atoms with E-state index in [0.29, 0.717) is 24.0 Å². The molecule has 2 saturated heterocycles. The van der Waals surface area contributed by atoms with Crippen molar-refractivity contribution in [2.24, 2.45) is 0 Å². The molecule has 8 heteroatoms. The Labute approximate surface area is 168 Å². The van der Waals surface area contributed by atoms with Crippen LogP contribution in [0.1, 0.15) is 29.9 Å². The van der Waals surface area contributed by atoms with Crippen LogP contribution in [-0.4, -0.2) is 45.2 Å². The fourth-order valence-corrected chi connectivity index (χ4v) is 4.28. The second kappa shape index (κ2) is 7.11. The van der Waals surface area contributed by atoms with E-state index in [2.05, 4.69) is 20.1 Å². The molecule has 2 fully saturated rings. The largest absolute Gasteiger partial charge is 0.376 e. The molecule has 8 nitrogen and oxygen atoms in total. The van der Waals surface area contributed by atoms with Crippen LogP contribution < -0.4 is 10.5 Å². The summed E-state index contributed by atoms with van der Waals surface area (Å²) in [5, 5.41) is 8.62. The Morgan fingerprint density at radius 1 is 1.21 bits per heavy atom. The van der Waals surface area contributed by atoms with Crippen molar-refractivity contribution in [2.45, 2.75) is 45.4 Å². The number of nitrogens with zero attached hydrogens (tertiary/aromatic N) is 5. The summed E-state index contributed by atoms with van der Waals surface area (Å²) in [6.07, 6.45) is 5.83. The van der Waals surface area contributed by atoms with E-state index in [-0.39, 0.29) is 11.7 Å². The van der Waals surface area contributed by atoms with E-state index in [1.807, 2.05) is 26.0 Å². The zero-order valence-electron chi connectivity index (χ0n) is 16.5. The van der Waals surface area contributed by atoms with Crippen molar-refractivity contribution in [1.82, 2.24) is 19.9 Å². The minimum Gasteiger partial charge on any atom is -0.376 e. The molecule has 0 radical (unpaired) electrons. The lowest BCUT2D eigenvalue weighted by atomic mass is 10.1. The summed E-state index contributed by atoms with van der Waals surface area (Å²) in [6.45, 7) is 5.77. The first kappa shape index (κ1) is 18.1. The van der Waals surface area contributed by atoms with Gasteiger partial charge in [-0.2, -0.15) is 5.10 Å². The lowest BCUT2D eigenvalue weighted by Crippen LogP contribution is -2.34. The van der Waals surface area contributed by atoms with Gasteiger partial charge in [0.1, 0.15) is 11.5 Å². The maximum Gasteiger partial charge on any atom is 0.269 e. The number of pyridine rings is 1. The monoisotopic (exact) mass is 393 g/mol. The van der Waals surface area contributed by atoms with Gasteiger partial charge in [0.25, 0.3) is 5.56 Å². The Kier molecular flexibility index (Phi) is 4.43. The van der Waals surface area contributed by atoms with Gasteiger partial charge in [0.05, 0.1) is 30.6 Å². The molecule has 0 amide bonds. The number of hydrogen-bond acceptors (Lipinski definition) is 7. The zero-order chi connectivity index (χ0) is 20.0. The molecule has 0 unspecified atom stereocenters. The molecule has 3 aromatic heterocycles. The molecule has 29 heavy (non-hydrogen) atoms. The van der Waals surface area contributed by atoms with Crippen molar-refractivity contribution in [2.75, 3.05) is 18.1 Å². The standard InChI is InChI=1S/C21H23N5O3/c1-13-3-4-15(10-22-13)21-17(14(2)29-24-21)12-26-20(27)9-16(11-23-26)25-7-5-19-18(25)6-8-28-19/h3-4,9-11,18-19H,5-8,12H2,1-2H3/t18-,19-/m0/s1. The van der Waals surface area contributed by atoms with Gasteiger partial charge < -0.3 is 14.2 Å². The summed E-state index contributed by atoms with van der Waals surface area (Å²) in [6, 6.07) is 5.91. The maximum atomic E-state index is 12.8. The normalized spacial score (nSPS) is 21.0. The Morgan fingerprint density at radius 2 is 2.10 bits per heavy atom. The van der Waals surface area contributed by atoms with Gasteiger partial charge in [-0.1, -0.05) is 5.16 Å². The van der Waals surface area contributed by atoms with E-state index in [4.69, 9.17) is 9.26 Å². The summed E-state index contributed by atoms with van der Waals surface area (Å²) in [4.78, 5) is 19.4. The van der Waals surface area contributed by atoms with Gasteiger partial charge in [-0.25, -0.2) is 4.68 Å². The Bertz CT molecular complexity index is 1090. The molecule has 5 rings (SSSR count). The van der Waals surface area contributed by atoms with E-state index in [0.717, 1.165) is 48.5 Å². The zero-order valence-corrected chi connectivity index (χ0v) is 16.5. The lowest BCUT2D eigenvalue weighted by molar-refractivity contribution is 0.113. The van der Waals surface area contributed by atoms with Crippen LogP contribution in [0.2, 0.25) is 0 Å². The second-order valence-electron chi connectivity index (χ2n) is 7.71. The summed E-state index contributed by atoms with van der Waals surface area (Å²) in [7, 11) is 0. The molecule has 0 aliphatic carbocycles. The number of aryl methyl sites for hydroxylation is 2. The lowest BCUT2D eigenvalue weighted by Gasteiger charge is -2.24. The number of anilines is 1. The smallest absolute Gasteiger partial charge is 0.269 e. The first-order chi connectivity index (χ1) is 14.1. The van der Waals surface area contributed by atoms with Crippen LogP contribution >= 0.6 is 0 Å². The minimum atomic E-state index is -0.140. The fourth-order valence-electron chi connectivity index (χ4n) is 4.28. The molecule has 2 aliphatic rings. The van der Waals surface area contributed by atoms with Crippen LogP contribution in [0, 0.1) is 13.8 Å². The molecule has 2 atom stereocenters. The summed E-state index contributed by atoms with van der Waals surface area (Å²) < 4.78 is 12.6. The number of ether oxygens (including phenoxy) is 1. The molecular formula is C21H23N5O3. The molecule has 150 valence electrons. The summed E-state index contributed by atoms with van der Waals surface area (Å²) >= 11 is 0. The maximum absolute atomic E-state index is 12.8. The van der Waals surface area contributed by atoms with E-state index in [9.17, 15) is 4.79 Å². The summed E-state index contributed by atoms with van der Waals surface area (Å²) in [5.74, 6) is 0.670. The molecule has 2 aliphatic heterocycles. The highest BCUT2D eigenvalue weighted by Gasteiger charge is 2.39. The predicted molar refractivity (Wildman–Crippen MR) is 107 cm³/mol. The van der Waals surface area contributed by atoms with Crippen molar-refractivity contribution in [1.29, 1.82) is 0 Å². The van der Waals surface area contributed by atoms with Gasteiger partial charge in [0.2, 0.25) is 0 Å². The van der Waals surface area contributed by atoms with Crippen molar-refractivity contribution in [3.05, 3.63) is 58.0 Å². The molecule has 0 N–H and O–H groups in total. The van der Waals surface area contributed by atoms with Crippen molar-refractivity contribution in [3.8, 4) is 11.3 Å². The highest BCUT2D eigenvalue weighted by molar-refractivity contribution is 5.62. The van der Waals surface area contributed by atoms with Crippen LogP contribution in [0.4, 0.5) is 5.69 Å². The Hall–Kier alpha value is -3.00. The molecule has 0 bridgehead atoms. The number of rotatable bonds is 4. The number of fused-ring (bicyclic) bond motifs is 1. The third-order valence-corrected chi connectivity index (χ3v) is 5.89. The Morgan fingerprint density at radius 3 is 2.90 bits per heavy atom. The topological polar surface area (TPSA) is 86.3 Å². The van der Waals surface area contributed by atoms with E-state index in [1.54, 1.807) is 18.5 Å². The van der Waals surface area contributed by atoms with Crippen LogP contribution in [0.25, 0.3) is 11.3 Å². The average Bonchev–Trinajstić information content (AvgIpc) is 3.41. The van der Waals surface area contributed by atoms with Gasteiger partial charge in [-0.15, -0.1) is 0 Å². The molecule has 0 spiro atoms. The van der Waals surface area contributed by atoms with E-state index >= 15 is 0 Å².